The zero-order chi connectivity index (χ0) is 22.1. The zero-order valence-corrected chi connectivity index (χ0v) is 18.6. The summed E-state index contributed by atoms with van der Waals surface area (Å²) in [5.41, 5.74) is 9.15. The van der Waals surface area contributed by atoms with Gasteiger partial charge in [0.05, 0.1) is 0 Å². The number of aryl methyl sites for hydroxylation is 1. The highest BCUT2D eigenvalue weighted by atomic mass is 16.5. The number of hydrogen-bond donors (Lipinski definition) is 1. The van der Waals surface area contributed by atoms with Gasteiger partial charge < -0.3 is 20.1 Å². The quantitative estimate of drug-likeness (QED) is 0.656. The fourth-order valence-corrected chi connectivity index (χ4v) is 4.37. The number of nitrogens with zero attached hydrogens (tertiary/aromatic N) is 2. The summed E-state index contributed by atoms with van der Waals surface area (Å²) in [6.07, 6.45) is 5.24. The van der Waals surface area contributed by atoms with Crippen molar-refractivity contribution in [2.45, 2.75) is 38.1 Å². The van der Waals surface area contributed by atoms with Crippen LogP contribution < -0.4 is 20.1 Å². The molecular formula is C26H31N3O3. The predicted octanol–water partition coefficient (Wildman–Crippen LogP) is 3.46. The second-order valence-corrected chi connectivity index (χ2v) is 8.94. The first kappa shape index (κ1) is 21.0. The molecule has 0 aromatic heterocycles. The van der Waals surface area contributed by atoms with Crippen molar-refractivity contribution >= 4 is 11.6 Å². The SMILES string of the molecule is CCc1cc(N2CC=C(Oc3ccc(C4CC4)cc3)C2=O)ccc1OCCN1CC(N)C1. The van der Waals surface area contributed by atoms with Gasteiger partial charge in [0.15, 0.2) is 5.76 Å². The predicted molar refractivity (Wildman–Crippen MR) is 125 cm³/mol. The molecule has 0 radical (unpaired) electrons. The summed E-state index contributed by atoms with van der Waals surface area (Å²) in [6.45, 7) is 6.03. The van der Waals surface area contributed by atoms with Crippen LogP contribution in [0, 0.1) is 0 Å². The molecule has 0 spiro atoms. The van der Waals surface area contributed by atoms with Gasteiger partial charge in [-0.2, -0.15) is 0 Å². The molecule has 1 amide bonds. The molecule has 1 aliphatic carbocycles. The summed E-state index contributed by atoms with van der Waals surface area (Å²) in [7, 11) is 0. The first-order valence-electron chi connectivity index (χ1n) is 11.6. The number of carbonyl (C=O) groups is 1. The highest BCUT2D eigenvalue weighted by molar-refractivity contribution is 6.07. The molecule has 0 bridgehead atoms. The van der Waals surface area contributed by atoms with E-state index in [-0.39, 0.29) is 5.91 Å². The van der Waals surface area contributed by atoms with Gasteiger partial charge in [0, 0.05) is 37.9 Å². The zero-order valence-electron chi connectivity index (χ0n) is 18.6. The van der Waals surface area contributed by atoms with Crippen molar-refractivity contribution in [1.29, 1.82) is 0 Å². The minimum Gasteiger partial charge on any atom is -0.492 e. The molecule has 2 aliphatic heterocycles. The van der Waals surface area contributed by atoms with Gasteiger partial charge in [-0.05, 0) is 72.7 Å². The highest BCUT2D eigenvalue weighted by Crippen LogP contribution is 2.40. The Balaban J connectivity index is 1.19. The molecule has 1 saturated heterocycles. The molecular weight excluding hydrogens is 402 g/mol. The third kappa shape index (κ3) is 4.52. The number of benzene rings is 2. The Hall–Kier alpha value is -2.83. The number of likely N-dealkylation sites (tertiary alicyclic amines) is 1. The Morgan fingerprint density at radius 3 is 2.56 bits per heavy atom. The van der Waals surface area contributed by atoms with Gasteiger partial charge in [0.25, 0.3) is 5.91 Å². The molecule has 0 unspecified atom stereocenters. The third-order valence-corrected chi connectivity index (χ3v) is 6.46. The first-order chi connectivity index (χ1) is 15.6. The smallest absolute Gasteiger partial charge is 0.294 e. The molecule has 3 aliphatic rings. The van der Waals surface area contributed by atoms with Gasteiger partial charge in [0.1, 0.15) is 18.1 Å². The van der Waals surface area contributed by atoms with Crippen LogP contribution in [0.2, 0.25) is 0 Å². The maximum absolute atomic E-state index is 13.0. The van der Waals surface area contributed by atoms with Crippen LogP contribution >= 0.6 is 0 Å². The van der Waals surface area contributed by atoms with Crippen LogP contribution in [0.25, 0.3) is 0 Å². The van der Waals surface area contributed by atoms with Crippen LogP contribution in [0.5, 0.6) is 11.5 Å². The summed E-state index contributed by atoms with van der Waals surface area (Å²) >= 11 is 0. The third-order valence-electron chi connectivity index (χ3n) is 6.46. The number of rotatable bonds is 9. The maximum atomic E-state index is 13.0. The molecule has 6 nitrogen and oxygen atoms in total. The minimum atomic E-state index is -0.110. The molecule has 1 saturated carbocycles. The summed E-state index contributed by atoms with van der Waals surface area (Å²) in [5, 5.41) is 0. The molecule has 2 heterocycles. The number of carbonyl (C=O) groups excluding carboxylic acids is 1. The van der Waals surface area contributed by atoms with Crippen LogP contribution in [-0.2, 0) is 11.2 Å². The summed E-state index contributed by atoms with van der Waals surface area (Å²) in [6, 6.07) is 14.4. The van der Waals surface area contributed by atoms with E-state index in [0.717, 1.165) is 43.1 Å². The molecule has 0 atom stereocenters. The van der Waals surface area contributed by atoms with Gasteiger partial charge in [-0.3, -0.25) is 9.69 Å². The summed E-state index contributed by atoms with van der Waals surface area (Å²) in [5.74, 6) is 2.57. The normalized spacial score (nSPS) is 19.1. The number of amides is 1. The number of nitrogens with two attached hydrogens (primary N) is 1. The number of anilines is 1. The largest absolute Gasteiger partial charge is 0.492 e. The van der Waals surface area contributed by atoms with Crippen molar-refractivity contribution in [3.63, 3.8) is 0 Å². The van der Waals surface area contributed by atoms with Crippen molar-refractivity contribution in [2.24, 2.45) is 5.73 Å². The van der Waals surface area contributed by atoms with E-state index in [1.807, 2.05) is 36.4 Å². The van der Waals surface area contributed by atoms with Gasteiger partial charge in [-0.25, -0.2) is 0 Å². The Labute approximate surface area is 189 Å². The van der Waals surface area contributed by atoms with E-state index in [0.29, 0.717) is 36.6 Å². The fraction of sp³-hybridized carbons (Fsp3) is 0.423. The van der Waals surface area contributed by atoms with E-state index >= 15 is 0 Å². The number of ether oxygens (including phenoxy) is 2. The van der Waals surface area contributed by atoms with Gasteiger partial charge >= 0.3 is 0 Å². The lowest BCUT2D eigenvalue weighted by atomic mass is 10.1. The Kier molecular flexibility index (Phi) is 5.89. The van der Waals surface area contributed by atoms with Gasteiger partial charge in [-0.1, -0.05) is 19.1 Å². The molecule has 2 aromatic carbocycles. The van der Waals surface area contributed by atoms with E-state index < -0.39 is 0 Å². The lowest BCUT2D eigenvalue weighted by Crippen LogP contribution is -2.56. The van der Waals surface area contributed by atoms with Crippen LogP contribution in [0.3, 0.4) is 0 Å². The monoisotopic (exact) mass is 433 g/mol. The topological polar surface area (TPSA) is 68.0 Å². The number of hydrogen-bond acceptors (Lipinski definition) is 5. The lowest BCUT2D eigenvalue weighted by molar-refractivity contribution is -0.116. The fourth-order valence-electron chi connectivity index (χ4n) is 4.37. The molecule has 2 N–H and O–H groups in total. The van der Waals surface area contributed by atoms with Crippen molar-refractivity contribution in [3.05, 3.63) is 65.4 Å². The van der Waals surface area contributed by atoms with Crippen LogP contribution in [0.1, 0.15) is 36.8 Å². The summed E-state index contributed by atoms with van der Waals surface area (Å²) in [4.78, 5) is 17.0. The maximum Gasteiger partial charge on any atom is 0.294 e. The molecule has 168 valence electrons. The minimum absolute atomic E-state index is 0.110. The molecule has 2 fully saturated rings. The van der Waals surface area contributed by atoms with Gasteiger partial charge in [0.2, 0.25) is 0 Å². The van der Waals surface area contributed by atoms with Crippen molar-refractivity contribution in [3.8, 4) is 11.5 Å². The van der Waals surface area contributed by atoms with E-state index in [9.17, 15) is 4.79 Å². The van der Waals surface area contributed by atoms with Crippen molar-refractivity contribution in [1.82, 2.24) is 4.90 Å². The summed E-state index contributed by atoms with van der Waals surface area (Å²) < 4.78 is 11.9. The average molecular weight is 434 g/mol. The van der Waals surface area contributed by atoms with E-state index in [2.05, 4.69) is 24.0 Å². The lowest BCUT2D eigenvalue weighted by Gasteiger charge is -2.36. The van der Waals surface area contributed by atoms with E-state index in [1.165, 1.54) is 18.4 Å². The van der Waals surface area contributed by atoms with E-state index in [4.69, 9.17) is 15.2 Å². The Morgan fingerprint density at radius 2 is 1.88 bits per heavy atom. The van der Waals surface area contributed by atoms with E-state index in [1.54, 1.807) is 4.90 Å². The van der Waals surface area contributed by atoms with Crippen molar-refractivity contribution < 1.29 is 14.3 Å². The van der Waals surface area contributed by atoms with Gasteiger partial charge in [-0.15, -0.1) is 0 Å². The second-order valence-electron chi connectivity index (χ2n) is 8.94. The Bertz CT molecular complexity index is 1010. The standard InChI is InChI=1S/C26H31N3O3/c1-2-18-15-22(7-10-24(18)31-14-13-28-16-21(27)17-28)29-12-11-25(26(29)30)32-23-8-5-20(6-9-23)19-3-4-19/h5-11,15,19,21H,2-4,12-14,16-17,27H2,1H3. The van der Waals surface area contributed by atoms with Crippen LogP contribution in [-0.4, -0.2) is 49.6 Å². The molecule has 2 aromatic rings. The first-order valence-corrected chi connectivity index (χ1v) is 11.6. The van der Waals surface area contributed by atoms with Crippen molar-refractivity contribution in [2.75, 3.05) is 37.7 Å². The molecule has 6 heteroatoms. The Morgan fingerprint density at radius 1 is 1.09 bits per heavy atom. The molecule has 32 heavy (non-hydrogen) atoms. The van der Waals surface area contributed by atoms with Crippen LogP contribution in [0.4, 0.5) is 5.69 Å². The van der Waals surface area contributed by atoms with Crippen LogP contribution in [0.15, 0.2) is 54.3 Å². The highest BCUT2D eigenvalue weighted by Gasteiger charge is 2.28. The average Bonchev–Trinajstić information content (AvgIpc) is 3.57. The molecule has 5 rings (SSSR count). The second kappa shape index (κ2) is 8.96.